The molecule has 0 aliphatic rings. The molecule has 1 aromatic heterocycles. The van der Waals surface area contributed by atoms with Crippen molar-refractivity contribution in [2.24, 2.45) is 5.10 Å². The fraction of sp³-hybridized carbons (Fsp3) is 0.190. The van der Waals surface area contributed by atoms with E-state index in [2.05, 4.69) is 20.5 Å². The number of methoxy groups -OCH3 is 2. The van der Waals surface area contributed by atoms with Crippen LogP contribution in [-0.4, -0.2) is 30.4 Å². The number of rotatable bonds is 6. The van der Waals surface area contributed by atoms with Gasteiger partial charge in [0.1, 0.15) is 11.5 Å². The van der Waals surface area contributed by atoms with Gasteiger partial charge in [-0.1, -0.05) is 30.3 Å². The second-order valence-corrected chi connectivity index (χ2v) is 5.95. The Labute approximate surface area is 158 Å². The Bertz CT molecular complexity index is 956. The molecule has 0 saturated heterocycles. The molecule has 0 saturated carbocycles. The first-order valence-electron chi connectivity index (χ1n) is 8.54. The highest BCUT2D eigenvalue weighted by Crippen LogP contribution is 2.24. The van der Waals surface area contributed by atoms with E-state index >= 15 is 0 Å². The summed E-state index contributed by atoms with van der Waals surface area (Å²) in [6, 6.07) is 15.4. The number of anilines is 1. The van der Waals surface area contributed by atoms with Crippen LogP contribution < -0.4 is 14.9 Å². The van der Waals surface area contributed by atoms with Gasteiger partial charge in [-0.15, -0.1) is 0 Å². The number of ether oxygens (including phenoxy) is 2. The lowest BCUT2D eigenvalue weighted by Crippen LogP contribution is -2.03. The lowest BCUT2D eigenvalue weighted by atomic mass is 10.2. The Balaban J connectivity index is 1.86. The summed E-state index contributed by atoms with van der Waals surface area (Å²) in [6.07, 6.45) is 1.69. The molecule has 3 aromatic rings. The molecule has 27 heavy (non-hydrogen) atoms. The number of benzene rings is 2. The molecule has 0 atom stereocenters. The first-order chi connectivity index (χ1) is 13.1. The average Bonchev–Trinajstić information content (AvgIpc) is 2.71. The highest BCUT2D eigenvalue weighted by Gasteiger charge is 2.09. The van der Waals surface area contributed by atoms with Crippen LogP contribution in [0.25, 0.3) is 11.4 Å². The van der Waals surface area contributed by atoms with Gasteiger partial charge >= 0.3 is 0 Å². The van der Waals surface area contributed by atoms with Crippen molar-refractivity contribution in [3.05, 3.63) is 65.4 Å². The van der Waals surface area contributed by atoms with Gasteiger partial charge in [0.05, 0.1) is 20.4 Å². The summed E-state index contributed by atoms with van der Waals surface area (Å²) in [5, 5.41) is 4.33. The van der Waals surface area contributed by atoms with Crippen LogP contribution >= 0.6 is 0 Å². The number of hydrogen-bond donors (Lipinski definition) is 1. The number of aromatic nitrogens is 2. The van der Waals surface area contributed by atoms with Crippen LogP contribution in [0.15, 0.2) is 53.6 Å². The van der Waals surface area contributed by atoms with E-state index in [1.54, 1.807) is 20.4 Å². The maximum absolute atomic E-state index is 5.39. The third-order valence-corrected chi connectivity index (χ3v) is 4.24. The van der Waals surface area contributed by atoms with E-state index in [1.807, 2.05) is 62.4 Å². The van der Waals surface area contributed by atoms with E-state index in [9.17, 15) is 0 Å². The third-order valence-electron chi connectivity index (χ3n) is 4.24. The predicted molar refractivity (Wildman–Crippen MR) is 108 cm³/mol. The molecular weight excluding hydrogens is 340 g/mol. The maximum atomic E-state index is 5.39. The minimum atomic E-state index is 0.665. The van der Waals surface area contributed by atoms with Gasteiger partial charge in [-0.3, -0.25) is 5.43 Å². The monoisotopic (exact) mass is 362 g/mol. The van der Waals surface area contributed by atoms with Gasteiger partial charge in [-0.2, -0.15) is 5.10 Å². The van der Waals surface area contributed by atoms with E-state index in [0.29, 0.717) is 17.4 Å². The van der Waals surface area contributed by atoms with E-state index in [1.165, 1.54) is 0 Å². The average molecular weight is 362 g/mol. The zero-order valence-electron chi connectivity index (χ0n) is 15.9. The molecular formula is C21H22N4O2. The second-order valence-electron chi connectivity index (χ2n) is 5.95. The van der Waals surface area contributed by atoms with Gasteiger partial charge in [-0.25, -0.2) is 9.97 Å². The third kappa shape index (κ3) is 4.23. The highest BCUT2D eigenvalue weighted by atomic mass is 16.5. The van der Waals surface area contributed by atoms with Gasteiger partial charge in [-0.05, 0) is 26.0 Å². The van der Waals surface area contributed by atoms with Crippen molar-refractivity contribution in [3.63, 3.8) is 0 Å². The summed E-state index contributed by atoms with van der Waals surface area (Å²) in [7, 11) is 3.23. The molecule has 0 amide bonds. The summed E-state index contributed by atoms with van der Waals surface area (Å²) >= 11 is 0. The molecule has 0 aliphatic heterocycles. The number of aryl methyl sites for hydroxylation is 1. The van der Waals surface area contributed by atoms with Crippen molar-refractivity contribution in [3.8, 4) is 22.9 Å². The topological polar surface area (TPSA) is 68.6 Å². The summed E-state index contributed by atoms with van der Waals surface area (Å²) in [5.74, 6) is 2.75. The number of nitrogens with zero attached hydrogens (tertiary/aromatic N) is 3. The van der Waals surface area contributed by atoms with Crippen molar-refractivity contribution < 1.29 is 9.47 Å². The Morgan fingerprint density at radius 3 is 2.44 bits per heavy atom. The van der Waals surface area contributed by atoms with Crippen LogP contribution in [0.4, 0.5) is 5.82 Å². The zero-order valence-corrected chi connectivity index (χ0v) is 15.9. The fourth-order valence-corrected chi connectivity index (χ4v) is 2.54. The lowest BCUT2D eigenvalue weighted by molar-refractivity contribution is 0.394. The standard InChI is InChI=1S/C21H22N4O2/c1-14-15(2)23-21(16-8-6-5-7-9-16)24-20(14)25-22-13-17-10-11-18(26-3)12-19(17)27-4/h5-13H,1-4H3,(H,23,24,25). The van der Waals surface area contributed by atoms with Crippen molar-refractivity contribution in [1.29, 1.82) is 0 Å². The minimum Gasteiger partial charge on any atom is -0.497 e. The van der Waals surface area contributed by atoms with Crippen LogP contribution in [0.5, 0.6) is 11.5 Å². The second kappa shape index (κ2) is 8.31. The van der Waals surface area contributed by atoms with Crippen LogP contribution in [0, 0.1) is 13.8 Å². The van der Waals surface area contributed by atoms with E-state index < -0.39 is 0 Å². The van der Waals surface area contributed by atoms with Gasteiger partial charge in [0.25, 0.3) is 0 Å². The van der Waals surface area contributed by atoms with Crippen molar-refractivity contribution in [2.45, 2.75) is 13.8 Å². The summed E-state index contributed by atoms with van der Waals surface area (Å²) in [5.41, 5.74) is 6.68. The summed E-state index contributed by atoms with van der Waals surface area (Å²) in [6.45, 7) is 3.93. The summed E-state index contributed by atoms with van der Waals surface area (Å²) in [4.78, 5) is 9.20. The van der Waals surface area contributed by atoms with Gasteiger partial charge < -0.3 is 9.47 Å². The van der Waals surface area contributed by atoms with Gasteiger partial charge in [0.15, 0.2) is 11.6 Å². The predicted octanol–water partition coefficient (Wildman–Crippen LogP) is 4.22. The first-order valence-corrected chi connectivity index (χ1v) is 8.54. The molecule has 0 radical (unpaired) electrons. The molecule has 6 nitrogen and oxygen atoms in total. The van der Waals surface area contributed by atoms with E-state index in [-0.39, 0.29) is 0 Å². The van der Waals surface area contributed by atoms with Crippen molar-refractivity contribution >= 4 is 12.0 Å². The lowest BCUT2D eigenvalue weighted by Gasteiger charge is -2.10. The smallest absolute Gasteiger partial charge is 0.161 e. The SMILES string of the molecule is COc1ccc(C=NNc2nc(-c3ccccc3)nc(C)c2C)c(OC)c1. The Morgan fingerprint density at radius 2 is 1.74 bits per heavy atom. The maximum Gasteiger partial charge on any atom is 0.161 e. The van der Waals surface area contributed by atoms with E-state index in [4.69, 9.17) is 9.47 Å². The van der Waals surface area contributed by atoms with Crippen LogP contribution in [0.1, 0.15) is 16.8 Å². The summed E-state index contributed by atoms with van der Waals surface area (Å²) < 4.78 is 10.6. The molecule has 0 bridgehead atoms. The van der Waals surface area contributed by atoms with Crippen LogP contribution in [0.2, 0.25) is 0 Å². The molecule has 2 aromatic carbocycles. The molecule has 3 rings (SSSR count). The molecule has 0 spiro atoms. The van der Waals surface area contributed by atoms with Crippen molar-refractivity contribution in [1.82, 2.24) is 9.97 Å². The van der Waals surface area contributed by atoms with Crippen LogP contribution in [-0.2, 0) is 0 Å². The van der Waals surface area contributed by atoms with E-state index in [0.717, 1.165) is 28.1 Å². The quantitative estimate of drug-likeness (QED) is 0.525. The zero-order chi connectivity index (χ0) is 19.2. The Morgan fingerprint density at radius 1 is 0.963 bits per heavy atom. The minimum absolute atomic E-state index is 0.665. The normalized spacial score (nSPS) is 10.8. The Hall–Kier alpha value is -3.41. The molecule has 1 heterocycles. The number of nitrogens with one attached hydrogen (secondary N) is 1. The molecule has 6 heteroatoms. The highest BCUT2D eigenvalue weighted by molar-refractivity contribution is 5.84. The molecule has 0 aliphatic carbocycles. The number of hydrazone groups is 1. The molecule has 138 valence electrons. The Kier molecular flexibility index (Phi) is 5.66. The molecule has 0 unspecified atom stereocenters. The van der Waals surface area contributed by atoms with Gasteiger partial charge in [0, 0.05) is 28.5 Å². The van der Waals surface area contributed by atoms with Crippen LogP contribution in [0.3, 0.4) is 0 Å². The van der Waals surface area contributed by atoms with Crippen molar-refractivity contribution in [2.75, 3.05) is 19.6 Å². The first kappa shape index (κ1) is 18.4. The number of hydrogen-bond acceptors (Lipinski definition) is 6. The fourth-order valence-electron chi connectivity index (χ4n) is 2.54. The van der Waals surface area contributed by atoms with Gasteiger partial charge in [0.2, 0.25) is 0 Å². The molecule has 0 fully saturated rings. The molecule has 1 N–H and O–H groups in total. The largest absolute Gasteiger partial charge is 0.497 e.